The molecule has 0 saturated carbocycles. The fraction of sp³-hybridized carbons (Fsp3) is 0.632. The van der Waals surface area contributed by atoms with Gasteiger partial charge < -0.3 is 14.7 Å². The van der Waals surface area contributed by atoms with Gasteiger partial charge in [-0.2, -0.15) is 0 Å². The number of amides is 1. The number of aliphatic hydroxyl groups excluding tert-OH is 1. The highest BCUT2D eigenvalue weighted by molar-refractivity contribution is 5.73. The van der Waals surface area contributed by atoms with E-state index in [9.17, 15) is 14.3 Å². The molecule has 1 atom stereocenters. The van der Waals surface area contributed by atoms with E-state index in [0.29, 0.717) is 18.7 Å². The number of hydrogen-bond acceptors (Lipinski definition) is 4. The summed E-state index contributed by atoms with van der Waals surface area (Å²) in [5.41, 5.74) is 0.636. The third-order valence-corrected chi connectivity index (χ3v) is 5.65. The lowest BCUT2D eigenvalue weighted by Crippen LogP contribution is -2.54. The summed E-state index contributed by atoms with van der Waals surface area (Å²) in [5.74, 6) is 0.0126. The van der Waals surface area contributed by atoms with Crippen molar-refractivity contribution < 1.29 is 19.0 Å². The van der Waals surface area contributed by atoms with E-state index in [2.05, 4.69) is 4.90 Å². The molecule has 25 heavy (non-hydrogen) atoms. The Balaban J connectivity index is 1.63. The maximum Gasteiger partial charge on any atom is 0.219 e. The van der Waals surface area contributed by atoms with Crippen molar-refractivity contribution in [2.24, 2.45) is 5.41 Å². The predicted molar refractivity (Wildman–Crippen MR) is 92.8 cm³/mol. The van der Waals surface area contributed by atoms with Gasteiger partial charge >= 0.3 is 0 Å². The number of benzene rings is 1. The van der Waals surface area contributed by atoms with E-state index in [1.165, 1.54) is 7.11 Å². The van der Waals surface area contributed by atoms with Crippen LogP contribution in [0.3, 0.4) is 0 Å². The number of β-amino-alcohol motifs (C(OH)–C–C–N with tert-alkyl or cyclic N) is 1. The van der Waals surface area contributed by atoms with Crippen molar-refractivity contribution in [1.82, 2.24) is 9.80 Å². The highest BCUT2D eigenvalue weighted by Crippen LogP contribution is 2.40. The minimum Gasteiger partial charge on any atom is -0.494 e. The third kappa shape index (κ3) is 3.96. The average molecular weight is 350 g/mol. The van der Waals surface area contributed by atoms with Crippen LogP contribution in [0.1, 0.15) is 31.7 Å². The molecule has 2 heterocycles. The number of carbonyl (C=O) groups excluding carboxylic acids is 1. The first-order valence-electron chi connectivity index (χ1n) is 8.90. The second kappa shape index (κ2) is 7.30. The van der Waals surface area contributed by atoms with Crippen LogP contribution in [0.15, 0.2) is 18.2 Å². The van der Waals surface area contributed by atoms with Crippen molar-refractivity contribution in [2.75, 3.05) is 33.3 Å². The van der Waals surface area contributed by atoms with Crippen LogP contribution in [0.5, 0.6) is 5.75 Å². The van der Waals surface area contributed by atoms with Crippen molar-refractivity contribution in [1.29, 1.82) is 0 Å². The standard InChI is InChI=1S/C19H27FN2O3/c1-14(23)22-12-16(24)10-19(13-22)6-8-21(9-7-19)11-15-4-3-5-17(25-2)18(15)20/h3-5,16,24H,6-13H2,1-2H3. The lowest BCUT2D eigenvalue weighted by atomic mass is 9.71. The maximum absolute atomic E-state index is 14.3. The molecule has 6 heteroatoms. The number of hydrogen-bond donors (Lipinski definition) is 1. The molecule has 0 bridgehead atoms. The summed E-state index contributed by atoms with van der Waals surface area (Å²) in [6.45, 7) is 4.96. The molecule has 138 valence electrons. The molecule has 3 rings (SSSR count). The lowest BCUT2D eigenvalue weighted by molar-refractivity contribution is -0.138. The van der Waals surface area contributed by atoms with Crippen molar-refractivity contribution in [3.8, 4) is 5.75 Å². The van der Waals surface area contributed by atoms with E-state index in [4.69, 9.17) is 4.74 Å². The topological polar surface area (TPSA) is 53.0 Å². The Morgan fingerprint density at radius 1 is 1.40 bits per heavy atom. The number of methoxy groups -OCH3 is 1. The minimum absolute atomic E-state index is 0.00718. The molecule has 1 N–H and O–H groups in total. The summed E-state index contributed by atoms with van der Waals surface area (Å²) in [4.78, 5) is 15.7. The number of likely N-dealkylation sites (tertiary alicyclic amines) is 2. The van der Waals surface area contributed by atoms with Gasteiger partial charge in [-0.1, -0.05) is 12.1 Å². The summed E-state index contributed by atoms with van der Waals surface area (Å²) >= 11 is 0. The summed E-state index contributed by atoms with van der Waals surface area (Å²) in [7, 11) is 1.47. The lowest BCUT2D eigenvalue weighted by Gasteiger charge is -2.49. The van der Waals surface area contributed by atoms with E-state index in [1.807, 2.05) is 6.07 Å². The summed E-state index contributed by atoms with van der Waals surface area (Å²) in [6, 6.07) is 5.23. The Hall–Kier alpha value is -1.66. The van der Waals surface area contributed by atoms with Gasteiger partial charge in [0.1, 0.15) is 0 Å². The Kier molecular flexibility index (Phi) is 5.29. The fourth-order valence-electron chi connectivity index (χ4n) is 4.22. The molecule has 2 saturated heterocycles. The van der Waals surface area contributed by atoms with Crippen LogP contribution in [0.4, 0.5) is 4.39 Å². The van der Waals surface area contributed by atoms with E-state index >= 15 is 0 Å². The van der Waals surface area contributed by atoms with Gasteiger partial charge in [-0.05, 0) is 43.8 Å². The molecular weight excluding hydrogens is 323 g/mol. The molecule has 1 unspecified atom stereocenters. The molecule has 0 aromatic heterocycles. The van der Waals surface area contributed by atoms with Gasteiger partial charge in [0.15, 0.2) is 11.6 Å². The van der Waals surface area contributed by atoms with Gasteiger partial charge in [0.2, 0.25) is 5.91 Å². The summed E-state index contributed by atoms with van der Waals surface area (Å²) in [6.07, 6.45) is 2.14. The Bertz CT molecular complexity index is 629. The predicted octanol–water partition coefficient (Wildman–Crippen LogP) is 2.03. The number of halogens is 1. The molecule has 2 aliphatic rings. The number of piperidine rings is 2. The van der Waals surface area contributed by atoms with E-state index < -0.39 is 6.10 Å². The smallest absolute Gasteiger partial charge is 0.219 e. The highest BCUT2D eigenvalue weighted by atomic mass is 19.1. The van der Waals surface area contributed by atoms with Crippen molar-refractivity contribution in [3.63, 3.8) is 0 Å². The maximum atomic E-state index is 14.3. The highest BCUT2D eigenvalue weighted by Gasteiger charge is 2.42. The van der Waals surface area contributed by atoms with Gasteiger partial charge in [0.25, 0.3) is 0 Å². The van der Waals surface area contributed by atoms with Crippen molar-refractivity contribution in [2.45, 2.75) is 38.8 Å². The molecule has 0 radical (unpaired) electrons. The molecule has 5 nitrogen and oxygen atoms in total. The van der Waals surface area contributed by atoms with Crippen LogP contribution in [0.2, 0.25) is 0 Å². The van der Waals surface area contributed by atoms with Crippen LogP contribution >= 0.6 is 0 Å². The fourth-order valence-corrected chi connectivity index (χ4v) is 4.22. The first-order valence-corrected chi connectivity index (χ1v) is 8.90. The Morgan fingerprint density at radius 3 is 2.76 bits per heavy atom. The zero-order valence-corrected chi connectivity index (χ0v) is 15.0. The number of rotatable bonds is 3. The summed E-state index contributed by atoms with van der Waals surface area (Å²) < 4.78 is 19.4. The van der Waals surface area contributed by atoms with Crippen LogP contribution in [-0.4, -0.2) is 60.2 Å². The van der Waals surface area contributed by atoms with Gasteiger partial charge in [-0.15, -0.1) is 0 Å². The van der Waals surface area contributed by atoms with Crippen LogP contribution in [0.25, 0.3) is 0 Å². The van der Waals surface area contributed by atoms with Crippen LogP contribution in [-0.2, 0) is 11.3 Å². The van der Waals surface area contributed by atoms with Gasteiger partial charge in [-0.3, -0.25) is 9.69 Å². The van der Waals surface area contributed by atoms with Crippen molar-refractivity contribution >= 4 is 5.91 Å². The first kappa shape index (κ1) is 18.1. The average Bonchev–Trinajstić information content (AvgIpc) is 2.58. The second-order valence-electron chi connectivity index (χ2n) is 7.47. The van der Waals surface area contributed by atoms with Crippen LogP contribution < -0.4 is 4.74 Å². The summed E-state index contributed by atoms with van der Waals surface area (Å²) in [5, 5.41) is 10.2. The van der Waals surface area contributed by atoms with E-state index in [1.54, 1.807) is 24.0 Å². The largest absolute Gasteiger partial charge is 0.494 e. The monoisotopic (exact) mass is 350 g/mol. The second-order valence-corrected chi connectivity index (χ2v) is 7.47. The molecule has 0 aliphatic carbocycles. The SMILES string of the molecule is COc1cccc(CN2CCC3(CC2)CC(O)CN(C(C)=O)C3)c1F. The zero-order chi connectivity index (χ0) is 18.0. The van der Waals surface area contributed by atoms with Gasteiger partial charge in [0.05, 0.1) is 13.2 Å². The number of ether oxygens (including phenoxy) is 1. The first-order chi connectivity index (χ1) is 11.9. The Morgan fingerprint density at radius 2 is 2.12 bits per heavy atom. The van der Waals surface area contributed by atoms with Crippen LogP contribution in [0, 0.1) is 11.2 Å². The Labute approximate surface area is 148 Å². The van der Waals surface area contributed by atoms with Crippen molar-refractivity contribution in [3.05, 3.63) is 29.6 Å². The van der Waals surface area contributed by atoms with Gasteiger partial charge in [-0.25, -0.2) is 4.39 Å². The molecule has 2 aliphatic heterocycles. The quantitative estimate of drug-likeness (QED) is 0.906. The molecule has 1 aromatic carbocycles. The molecule has 1 amide bonds. The molecule has 2 fully saturated rings. The normalized spacial score (nSPS) is 23.7. The number of aliphatic hydroxyl groups is 1. The molecule has 1 spiro atoms. The zero-order valence-electron chi connectivity index (χ0n) is 15.0. The number of nitrogens with zero attached hydrogens (tertiary/aromatic N) is 2. The molecular formula is C19H27FN2O3. The minimum atomic E-state index is -0.444. The van der Waals surface area contributed by atoms with E-state index in [-0.39, 0.29) is 22.9 Å². The van der Waals surface area contributed by atoms with E-state index in [0.717, 1.165) is 38.9 Å². The van der Waals surface area contributed by atoms with Gasteiger partial charge in [0, 0.05) is 32.1 Å². The number of carbonyl (C=O) groups is 1. The molecule has 1 aromatic rings. The third-order valence-electron chi connectivity index (χ3n) is 5.65.